The summed E-state index contributed by atoms with van der Waals surface area (Å²) in [6.45, 7) is 5.71. The highest BCUT2D eigenvalue weighted by Gasteiger charge is 2.19. The molecule has 6 heteroatoms. The maximum absolute atomic E-state index is 12.4. The Morgan fingerprint density at radius 2 is 2.00 bits per heavy atom. The number of ether oxygens (including phenoxy) is 2. The molecule has 1 heterocycles. The summed E-state index contributed by atoms with van der Waals surface area (Å²) in [7, 11) is 3.00. The van der Waals surface area contributed by atoms with Crippen molar-refractivity contribution in [2.75, 3.05) is 14.2 Å². The van der Waals surface area contributed by atoms with E-state index in [-0.39, 0.29) is 18.4 Å². The number of amides is 1. The Bertz CT molecular complexity index is 809. The summed E-state index contributed by atoms with van der Waals surface area (Å²) in [6, 6.07) is 3.61. The Balaban J connectivity index is 2.51. The van der Waals surface area contributed by atoms with Crippen LogP contribution in [-0.2, 0) is 11.2 Å². The fraction of sp³-hybridized carbons (Fsp3) is 0.444. The summed E-state index contributed by atoms with van der Waals surface area (Å²) in [4.78, 5) is 24.5. The third kappa shape index (κ3) is 3.37. The number of benzene rings is 1. The molecule has 0 bridgehead atoms. The predicted octanol–water partition coefficient (Wildman–Crippen LogP) is 2.58. The molecule has 0 saturated carbocycles. The lowest BCUT2D eigenvalue weighted by atomic mass is 10.0. The van der Waals surface area contributed by atoms with Gasteiger partial charge >= 0.3 is 5.63 Å². The summed E-state index contributed by atoms with van der Waals surface area (Å²) in [5.41, 5.74) is 0.855. The maximum Gasteiger partial charge on any atom is 0.340 e. The molecule has 0 spiro atoms. The highest BCUT2D eigenvalue weighted by Crippen LogP contribution is 2.36. The van der Waals surface area contributed by atoms with Crippen LogP contribution < -0.4 is 20.4 Å². The van der Waals surface area contributed by atoms with Gasteiger partial charge in [0, 0.05) is 11.4 Å². The van der Waals surface area contributed by atoms with E-state index < -0.39 is 5.63 Å². The molecule has 1 N–H and O–H groups in total. The van der Waals surface area contributed by atoms with Crippen molar-refractivity contribution in [1.29, 1.82) is 0 Å². The molecule has 0 radical (unpaired) electrons. The number of rotatable bonds is 6. The molecule has 24 heavy (non-hydrogen) atoms. The van der Waals surface area contributed by atoms with E-state index in [4.69, 9.17) is 13.9 Å². The summed E-state index contributed by atoms with van der Waals surface area (Å²) >= 11 is 0. The number of hydrogen-bond acceptors (Lipinski definition) is 5. The Labute approximate surface area is 140 Å². The van der Waals surface area contributed by atoms with Gasteiger partial charge in [-0.15, -0.1) is 0 Å². The largest absolute Gasteiger partial charge is 0.493 e. The zero-order valence-corrected chi connectivity index (χ0v) is 14.7. The molecule has 0 aliphatic heterocycles. The number of hydrogen-bond donors (Lipinski definition) is 1. The van der Waals surface area contributed by atoms with E-state index in [1.807, 2.05) is 13.8 Å². The molecule has 1 atom stereocenters. The van der Waals surface area contributed by atoms with Gasteiger partial charge < -0.3 is 19.2 Å². The van der Waals surface area contributed by atoms with Crippen LogP contribution in [0.15, 0.2) is 21.3 Å². The number of methoxy groups -OCH3 is 2. The number of nitrogens with one attached hydrogen (secondary N) is 1. The van der Waals surface area contributed by atoms with Gasteiger partial charge in [0.15, 0.2) is 11.3 Å². The van der Waals surface area contributed by atoms with Crippen LogP contribution in [0.5, 0.6) is 11.5 Å². The van der Waals surface area contributed by atoms with Crippen molar-refractivity contribution in [2.45, 2.75) is 39.7 Å². The first-order valence-electron chi connectivity index (χ1n) is 7.89. The molecular formula is C18H23NO5. The lowest BCUT2D eigenvalue weighted by Gasteiger charge is -2.14. The lowest BCUT2D eigenvalue weighted by Crippen LogP contribution is -2.34. The third-order valence-electron chi connectivity index (χ3n) is 4.15. The van der Waals surface area contributed by atoms with Crippen LogP contribution in [0.1, 0.15) is 31.4 Å². The van der Waals surface area contributed by atoms with E-state index >= 15 is 0 Å². The van der Waals surface area contributed by atoms with Crippen molar-refractivity contribution in [3.8, 4) is 11.5 Å². The summed E-state index contributed by atoms with van der Waals surface area (Å²) in [6.07, 6.45) is 0.816. The average molecular weight is 333 g/mol. The molecule has 1 amide bonds. The fourth-order valence-corrected chi connectivity index (χ4v) is 2.56. The van der Waals surface area contributed by atoms with Gasteiger partial charge in [0.05, 0.1) is 26.2 Å². The molecule has 1 aromatic carbocycles. The summed E-state index contributed by atoms with van der Waals surface area (Å²) in [5.74, 6) is 0.653. The van der Waals surface area contributed by atoms with Gasteiger partial charge in [0.25, 0.3) is 0 Å². The maximum atomic E-state index is 12.4. The lowest BCUT2D eigenvalue weighted by molar-refractivity contribution is -0.121. The van der Waals surface area contributed by atoms with E-state index in [1.54, 1.807) is 19.1 Å². The van der Waals surface area contributed by atoms with Crippen LogP contribution in [0.2, 0.25) is 0 Å². The highest BCUT2D eigenvalue weighted by molar-refractivity contribution is 5.89. The van der Waals surface area contributed by atoms with Crippen molar-refractivity contribution in [1.82, 2.24) is 5.32 Å². The van der Waals surface area contributed by atoms with Crippen LogP contribution >= 0.6 is 0 Å². The van der Waals surface area contributed by atoms with E-state index in [9.17, 15) is 9.59 Å². The van der Waals surface area contributed by atoms with E-state index in [2.05, 4.69) is 5.32 Å². The predicted molar refractivity (Wildman–Crippen MR) is 91.9 cm³/mol. The van der Waals surface area contributed by atoms with Crippen LogP contribution in [0.25, 0.3) is 11.0 Å². The van der Waals surface area contributed by atoms with Gasteiger partial charge in [-0.3, -0.25) is 4.79 Å². The Morgan fingerprint density at radius 1 is 1.29 bits per heavy atom. The molecule has 6 nitrogen and oxygen atoms in total. The monoisotopic (exact) mass is 333 g/mol. The second-order valence-corrected chi connectivity index (χ2v) is 5.72. The molecule has 0 aliphatic rings. The molecule has 0 fully saturated rings. The van der Waals surface area contributed by atoms with Crippen LogP contribution in [0.4, 0.5) is 0 Å². The van der Waals surface area contributed by atoms with Gasteiger partial charge in [0.1, 0.15) is 0 Å². The molecule has 0 aliphatic carbocycles. The molecule has 130 valence electrons. The topological polar surface area (TPSA) is 77.8 Å². The van der Waals surface area contributed by atoms with E-state index in [0.29, 0.717) is 28.2 Å². The van der Waals surface area contributed by atoms with E-state index in [0.717, 1.165) is 11.8 Å². The fourth-order valence-electron chi connectivity index (χ4n) is 2.56. The third-order valence-corrected chi connectivity index (χ3v) is 4.15. The van der Waals surface area contributed by atoms with Gasteiger partial charge in [0.2, 0.25) is 11.7 Å². The highest BCUT2D eigenvalue weighted by atomic mass is 16.5. The van der Waals surface area contributed by atoms with Gasteiger partial charge in [-0.2, -0.15) is 0 Å². The first kappa shape index (κ1) is 17.8. The second-order valence-electron chi connectivity index (χ2n) is 5.72. The molecule has 0 unspecified atom stereocenters. The molecule has 0 saturated heterocycles. The van der Waals surface area contributed by atoms with Crippen molar-refractivity contribution < 1.29 is 18.7 Å². The second kappa shape index (κ2) is 7.38. The Kier molecular flexibility index (Phi) is 5.49. The van der Waals surface area contributed by atoms with Crippen LogP contribution in [0, 0.1) is 6.92 Å². The first-order chi connectivity index (χ1) is 11.4. The average Bonchev–Trinajstić information content (AvgIpc) is 2.57. The standard InChI is InChI=1S/C18H23NO5/c1-6-10(2)19-15(20)9-13-11(3)12-7-8-14(22-4)17(23-5)16(12)24-18(13)21/h7-8,10H,6,9H2,1-5H3,(H,19,20)/t10-/m1/s1. The number of fused-ring (bicyclic) bond motifs is 1. The SMILES string of the molecule is CC[C@@H](C)NC(=O)Cc1c(C)c2ccc(OC)c(OC)c2oc1=O. The van der Waals surface area contributed by atoms with Gasteiger partial charge in [-0.1, -0.05) is 6.92 Å². The Hall–Kier alpha value is -2.50. The molecule has 1 aromatic heterocycles. The van der Waals surface area contributed by atoms with Crippen LogP contribution in [0.3, 0.4) is 0 Å². The minimum Gasteiger partial charge on any atom is -0.493 e. The molecule has 2 aromatic rings. The zero-order valence-electron chi connectivity index (χ0n) is 14.7. The summed E-state index contributed by atoms with van der Waals surface area (Å²) in [5, 5.41) is 3.58. The Morgan fingerprint density at radius 3 is 2.58 bits per heavy atom. The molecule has 2 rings (SSSR count). The summed E-state index contributed by atoms with van der Waals surface area (Å²) < 4.78 is 16.0. The van der Waals surface area contributed by atoms with Gasteiger partial charge in [-0.25, -0.2) is 4.79 Å². The number of aryl methyl sites for hydroxylation is 1. The van der Waals surface area contributed by atoms with Crippen molar-refractivity contribution in [3.63, 3.8) is 0 Å². The zero-order chi connectivity index (χ0) is 17.9. The van der Waals surface area contributed by atoms with Crippen LogP contribution in [-0.4, -0.2) is 26.2 Å². The first-order valence-corrected chi connectivity index (χ1v) is 7.89. The number of carbonyl (C=O) groups excluding carboxylic acids is 1. The minimum absolute atomic E-state index is 0.0111. The normalized spacial score (nSPS) is 12.0. The smallest absolute Gasteiger partial charge is 0.340 e. The number of carbonyl (C=O) groups is 1. The van der Waals surface area contributed by atoms with E-state index in [1.165, 1.54) is 14.2 Å². The minimum atomic E-state index is -0.536. The van der Waals surface area contributed by atoms with Crippen molar-refractivity contribution >= 4 is 16.9 Å². The molecular weight excluding hydrogens is 310 g/mol. The van der Waals surface area contributed by atoms with Gasteiger partial charge in [-0.05, 0) is 38.0 Å². The quantitative estimate of drug-likeness (QED) is 0.822. The van der Waals surface area contributed by atoms with Crippen molar-refractivity contribution in [3.05, 3.63) is 33.7 Å². The van der Waals surface area contributed by atoms with Crippen molar-refractivity contribution in [2.24, 2.45) is 0 Å².